The van der Waals surface area contributed by atoms with Gasteiger partial charge in [0.1, 0.15) is 12.4 Å². The molecule has 0 aliphatic rings. The fourth-order valence-electron chi connectivity index (χ4n) is 2.58. The number of carboxylic acids is 1. The highest BCUT2D eigenvalue weighted by molar-refractivity contribution is 7.92. The molecule has 0 bridgehead atoms. The molecule has 0 radical (unpaired) electrons. The molecule has 3 aromatic carbocycles. The van der Waals surface area contributed by atoms with E-state index in [-0.39, 0.29) is 35.1 Å². The van der Waals surface area contributed by atoms with E-state index < -0.39 is 16.0 Å². The molecule has 0 aromatic heterocycles. The van der Waals surface area contributed by atoms with Crippen molar-refractivity contribution in [3.05, 3.63) is 89.5 Å². The molecule has 3 rings (SSSR count). The molecular formula is C21H19NO6S. The summed E-state index contributed by atoms with van der Waals surface area (Å²) < 4.78 is 33.5. The van der Waals surface area contributed by atoms with Crippen molar-refractivity contribution < 1.29 is 28.2 Å². The van der Waals surface area contributed by atoms with E-state index in [2.05, 4.69) is 4.72 Å². The number of hydrogen-bond acceptors (Lipinski definition) is 5. The van der Waals surface area contributed by atoms with Crippen LogP contribution < -0.4 is 9.46 Å². The summed E-state index contributed by atoms with van der Waals surface area (Å²) in [6, 6.07) is 18.8. The number of aliphatic hydroxyl groups is 1. The van der Waals surface area contributed by atoms with E-state index in [1.165, 1.54) is 30.3 Å². The molecule has 3 aromatic rings. The van der Waals surface area contributed by atoms with Crippen molar-refractivity contribution in [3.8, 4) is 5.75 Å². The molecular weight excluding hydrogens is 394 g/mol. The topological polar surface area (TPSA) is 113 Å². The molecule has 3 N–H and O–H groups in total. The lowest BCUT2D eigenvalue weighted by molar-refractivity contribution is 0.0697. The Kier molecular flexibility index (Phi) is 6.16. The van der Waals surface area contributed by atoms with Crippen molar-refractivity contribution in [2.45, 2.75) is 18.1 Å². The maximum absolute atomic E-state index is 12.6. The van der Waals surface area contributed by atoms with Crippen LogP contribution in [0.3, 0.4) is 0 Å². The lowest BCUT2D eigenvalue weighted by Crippen LogP contribution is -2.14. The zero-order valence-corrected chi connectivity index (χ0v) is 16.1. The Morgan fingerprint density at radius 3 is 2.21 bits per heavy atom. The smallest absolute Gasteiger partial charge is 0.335 e. The standard InChI is InChI=1S/C21H19NO6S/c23-13-16-8-11-19(22-29(26,27)18-4-2-1-3-5-18)20(12-16)28-14-15-6-9-17(10-7-15)21(24)25/h1-12,22-23H,13-14H2,(H,24,25). The van der Waals surface area contributed by atoms with Gasteiger partial charge in [-0.3, -0.25) is 4.72 Å². The molecule has 0 aliphatic heterocycles. The molecule has 29 heavy (non-hydrogen) atoms. The number of benzene rings is 3. The molecule has 0 atom stereocenters. The summed E-state index contributed by atoms with van der Waals surface area (Å²) >= 11 is 0. The zero-order valence-electron chi connectivity index (χ0n) is 15.3. The minimum Gasteiger partial charge on any atom is -0.487 e. The summed E-state index contributed by atoms with van der Waals surface area (Å²) in [4.78, 5) is 11.0. The first-order valence-corrected chi connectivity index (χ1v) is 10.1. The fraction of sp³-hybridized carbons (Fsp3) is 0.0952. The van der Waals surface area contributed by atoms with Gasteiger partial charge in [-0.15, -0.1) is 0 Å². The number of rotatable bonds is 8. The minimum atomic E-state index is -3.81. The first-order chi connectivity index (χ1) is 13.9. The largest absolute Gasteiger partial charge is 0.487 e. The van der Waals surface area contributed by atoms with Crippen LogP contribution in [0.15, 0.2) is 77.7 Å². The first kappa shape index (κ1) is 20.4. The van der Waals surface area contributed by atoms with Crippen LogP contribution >= 0.6 is 0 Å². The number of hydrogen-bond donors (Lipinski definition) is 3. The van der Waals surface area contributed by atoms with Gasteiger partial charge >= 0.3 is 5.97 Å². The highest BCUT2D eigenvalue weighted by atomic mass is 32.2. The molecule has 0 saturated carbocycles. The van der Waals surface area contributed by atoms with Gasteiger partial charge in [0.25, 0.3) is 10.0 Å². The van der Waals surface area contributed by atoms with Gasteiger partial charge in [-0.2, -0.15) is 0 Å². The Morgan fingerprint density at radius 2 is 1.59 bits per heavy atom. The van der Waals surface area contributed by atoms with Crippen LogP contribution in [0.2, 0.25) is 0 Å². The van der Waals surface area contributed by atoms with Crippen molar-refractivity contribution >= 4 is 21.7 Å². The van der Waals surface area contributed by atoms with E-state index in [0.717, 1.165) is 0 Å². The molecule has 0 spiro atoms. The molecule has 0 unspecified atom stereocenters. The summed E-state index contributed by atoms with van der Waals surface area (Å²) in [5.74, 6) is -0.774. The predicted molar refractivity (Wildman–Crippen MR) is 107 cm³/mol. The van der Waals surface area contributed by atoms with Gasteiger partial charge in [0.15, 0.2) is 0 Å². The van der Waals surface area contributed by atoms with Crippen molar-refractivity contribution in [2.24, 2.45) is 0 Å². The summed E-state index contributed by atoms with van der Waals surface area (Å²) in [6.07, 6.45) is 0. The summed E-state index contributed by atoms with van der Waals surface area (Å²) in [5, 5.41) is 18.3. The van der Waals surface area contributed by atoms with Crippen molar-refractivity contribution in [1.29, 1.82) is 0 Å². The Balaban J connectivity index is 1.83. The summed E-state index contributed by atoms with van der Waals surface area (Å²) in [6.45, 7) is -0.135. The molecule has 150 valence electrons. The van der Waals surface area contributed by atoms with E-state index >= 15 is 0 Å². The molecule has 0 saturated heterocycles. The Morgan fingerprint density at radius 1 is 0.931 bits per heavy atom. The van der Waals surface area contributed by atoms with E-state index in [9.17, 15) is 18.3 Å². The third-order valence-corrected chi connectivity index (χ3v) is 5.50. The molecule has 7 nitrogen and oxygen atoms in total. The van der Waals surface area contributed by atoms with E-state index in [1.54, 1.807) is 42.5 Å². The van der Waals surface area contributed by atoms with Crippen LogP contribution in [0.1, 0.15) is 21.5 Å². The van der Waals surface area contributed by atoms with Gasteiger partial charge in [0.2, 0.25) is 0 Å². The van der Waals surface area contributed by atoms with Crippen LogP contribution in [0.5, 0.6) is 5.75 Å². The van der Waals surface area contributed by atoms with E-state index in [4.69, 9.17) is 9.84 Å². The van der Waals surface area contributed by atoms with Gasteiger partial charge in [0, 0.05) is 0 Å². The number of anilines is 1. The Labute approximate surface area is 168 Å². The number of sulfonamides is 1. The molecule has 0 amide bonds. The Hall–Kier alpha value is -3.36. The monoisotopic (exact) mass is 413 g/mol. The maximum atomic E-state index is 12.6. The predicted octanol–water partition coefficient (Wildman–Crippen LogP) is 3.26. The van der Waals surface area contributed by atoms with Gasteiger partial charge in [-0.25, -0.2) is 13.2 Å². The molecule has 0 heterocycles. The maximum Gasteiger partial charge on any atom is 0.335 e. The second kappa shape index (κ2) is 8.76. The third kappa shape index (κ3) is 5.13. The van der Waals surface area contributed by atoms with Gasteiger partial charge < -0.3 is 14.9 Å². The highest BCUT2D eigenvalue weighted by Crippen LogP contribution is 2.29. The van der Waals surface area contributed by atoms with Gasteiger partial charge in [0.05, 0.1) is 22.8 Å². The first-order valence-electron chi connectivity index (χ1n) is 8.66. The van der Waals surface area contributed by atoms with E-state index in [1.807, 2.05) is 0 Å². The number of nitrogens with one attached hydrogen (secondary N) is 1. The average molecular weight is 413 g/mol. The number of carbonyl (C=O) groups is 1. The molecule has 8 heteroatoms. The zero-order chi connectivity index (χ0) is 20.9. The molecule has 0 fully saturated rings. The van der Waals surface area contributed by atoms with Crippen LogP contribution in [0.25, 0.3) is 0 Å². The van der Waals surface area contributed by atoms with Crippen LogP contribution in [-0.4, -0.2) is 24.6 Å². The quantitative estimate of drug-likeness (QED) is 0.522. The average Bonchev–Trinajstić information content (AvgIpc) is 2.73. The van der Waals surface area contributed by atoms with Gasteiger partial charge in [-0.05, 0) is 47.5 Å². The van der Waals surface area contributed by atoms with Crippen LogP contribution in [0.4, 0.5) is 5.69 Å². The lowest BCUT2D eigenvalue weighted by atomic mass is 10.1. The second-order valence-corrected chi connectivity index (χ2v) is 7.88. The van der Waals surface area contributed by atoms with Crippen LogP contribution in [0, 0.1) is 0 Å². The number of aliphatic hydroxyl groups excluding tert-OH is 1. The highest BCUT2D eigenvalue weighted by Gasteiger charge is 2.17. The normalized spacial score (nSPS) is 11.1. The number of ether oxygens (including phenoxy) is 1. The molecule has 0 aliphatic carbocycles. The van der Waals surface area contributed by atoms with Crippen molar-refractivity contribution in [2.75, 3.05) is 4.72 Å². The van der Waals surface area contributed by atoms with Gasteiger partial charge in [-0.1, -0.05) is 36.4 Å². The minimum absolute atomic E-state index is 0.0921. The number of carboxylic acid groups (broad SMARTS) is 1. The Bertz CT molecular complexity index is 1100. The van der Waals surface area contributed by atoms with Crippen molar-refractivity contribution in [1.82, 2.24) is 0 Å². The third-order valence-electron chi connectivity index (χ3n) is 4.12. The summed E-state index contributed by atoms with van der Waals surface area (Å²) in [5.41, 5.74) is 1.66. The summed E-state index contributed by atoms with van der Waals surface area (Å²) in [7, 11) is -3.81. The van der Waals surface area contributed by atoms with Crippen LogP contribution in [-0.2, 0) is 23.2 Å². The fourth-order valence-corrected chi connectivity index (χ4v) is 3.67. The van der Waals surface area contributed by atoms with E-state index in [0.29, 0.717) is 11.1 Å². The number of aromatic carboxylic acids is 1. The second-order valence-electron chi connectivity index (χ2n) is 6.20. The van der Waals surface area contributed by atoms with Crippen molar-refractivity contribution in [3.63, 3.8) is 0 Å². The SMILES string of the molecule is O=C(O)c1ccc(COc2cc(CO)ccc2NS(=O)(=O)c2ccccc2)cc1. The lowest BCUT2D eigenvalue weighted by Gasteiger charge is -2.15.